The molecule has 1 aromatic rings. The van der Waals surface area contributed by atoms with Crippen molar-refractivity contribution in [1.29, 1.82) is 0 Å². The molecule has 0 bridgehead atoms. The number of hydrogen-bond donors (Lipinski definition) is 1. The highest BCUT2D eigenvalue weighted by atomic mass is 35.5. The van der Waals surface area contributed by atoms with E-state index in [1.54, 1.807) is 0 Å². The van der Waals surface area contributed by atoms with Gasteiger partial charge in [0.25, 0.3) is 0 Å². The molecular weight excluding hydrogens is 226 g/mol. The molecule has 0 aliphatic heterocycles. The lowest BCUT2D eigenvalue weighted by atomic mass is 9.88. The monoisotopic (exact) mass is 239 g/mol. The van der Waals surface area contributed by atoms with E-state index in [9.17, 15) is 4.79 Å². The first-order valence-electron chi connectivity index (χ1n) is 5.40. The third-order valence-corrected chi connectivity index (χ3v) is 3.42. The zero-order chi connectivity index (χ0) is 11.6. The summed E-state index contributed by atoms with van der Waals surface area (Å²) in [4.78, 5) is 19.9. The maximum absolute atomic E-state index is 12.1. The second kappa shape index (κ2) is 4.37. The number of carbonyl (C=O) groups excluding carboxylic acids is 1. The molecule has 1 aromatic heterocycles. The van der Waals surface area contributed by atoms with E-state index in [0.717, 1.165) is 25.7 Å². The largest absolute Gasteiger partial charge is 0.308 e. The van der Waals surface area contributed by atoms with Gasteiger partial charge < -0.3 is 5.32 Å². The van der Waals surface area contributed by atoms with E-state index in [2.05, 4.69) is 15.3 Å². The third kappa shape index (κ3) is 2.16. The molecule has 16 heavy (non-hydrogen) atoms. The second-order valence-corrected chi connectivity index (χ2v) is 4.78. The summed E-state index contributed by atoms with van der Waals surface area (Å²) in [6.45, 7) is 1.99. The van der Waals surface area contributed by atoms with E-state index < -0.39 is 0 Å². The third-order valence-electron chi connectivity index (χ3n) is 3.14. The number of hydrogen-bond acceptors (Lipinski definition) is 3. The summed E-state index contributed by atoms with van der Waals surface area (Å²) in [7, 11) is 0. The van der Waals surface area contributed by atoms with Gasteiger partial charge in [-0.3, -0.25) is 4.79 Å². The number of amides is 1. The lowest BCUT2D eigenvalue weighted by Gasteiger charge is -2.21. The molecular formula is C11H14ClN3O. The first-order valence-corrected chi connectivity index (χ1v) is 5.78. The van der Waals surface area contributed by atoms with Crippen molar-refractivity contribution in [3.05, 3.63) is 17.5 Å². The standard InChI is InChI=1S/C11H14ClN3O/c1-11(4-2-3-5-11)10(16)15-9-8(12)13-6-7-14-9/h6-7H,2-5H2,1H3,(H,14,15,16). The summed E-state index contributed by atoms with van der Waals surface area (Å²) < 4.78 is 0. The molecule has 86 valence electrons. The van der Waals surface area contributed by atoms with E-state index in [1.165, 1.54) is 12.4 Å². The molecule has 0 spiro atoms. The van der Waals surface area contributed by atoms with Gasteiger partial charge in [-0.05, 0) is 12.8 Å². The molecule has 1 aliphatic rings. The average molecular weight is 240 g/mol. The van der Waals surface area contributed by atoms with Crippen molar-refractivity contribution in [3.8, 4) is 0 Å². The van der Waals surface area contributed by atoms with Crippen molar-refractivity contribution in [1.82, 2.24) is 9.97 Å². The van der Waals surface area contributed by atoms with Gasteiger partial charge in [-0.1, -0.05) is 31.4 Å². The highest BCUT2D eigenvalue weighted by molar-refractivity contribution is 6.32. The van der Waals surface area contributed by atoms with E-state index in [1.807, 2.05) is 6.92 Å². The number of nitrogens with one attached hydrogen (secondary N) is 1. The minimum atomic E-state index is -0.277. The van der Waals surface area contributed by atoms with Crippen LogP contribution in [0, 0.1) is 5.41 Å². The fourth-order valence-electron chi connectivity index (χ4n) is 2.05. The number of carbonyl (C=O) groups is 1. The summed E-state index contributed by atoms with van der Waals surface area (Å²) in [6.07, 6.45) is 7.08. The van der Waals surface area contributed by atoms with Crippen LogP contribution in [0.3, 0.4) is 0 Å². The van der Waals surface area contributed by atoms with Gasteiger partial charge in [0.2, 0.25) is 5.91 Å². The summed E-state index contributed by atoms with van der Waals surface area (Å²) >= 11 is 5.83. The first-order chi connectivity index (χ1) is 7.62. The second-order valence-electron chi connectivity index (χ2n) is 4.42. The fourth-order valence-corrected chi connectivity index (χ4v) is 2.20. The molecule has 0 aromatic carbocycles. The van der Waals surface area contributed by atoms with Crippen molar-refractivity contribution in [2.24, 2.45) is 5.41 Å². The zero-order valence-corrected chi connectivity index (χ0v) is 9.92. The van der Waals surface area contributed by atoms with Crippen molar-refractivity contribution in [3.63, 3.8) is 0 Å². The lowest BCUT2D eigenvalue weighted by molar-refractivity contribution is -0.124. The first kappa shape index (κ1) is 11.3. The van der Waals surface area contributed by atoms with Gasteiger partial charge in [-0.15, -0.1) is 0 Å². The van der Waals surface area contributed by atoms with Gasteiger partial charge in [-0.25, -0.2) is 9.97 Å². The van der Waals surface area contributed by atoms with Crippen LogP contribution in [0.15, 0.2) is 12.4 Å². The number of nitrogens with zero attached hydrogens (tertiary/aromatic N) is 2. The van der Waals surface area contributed by atoms with Crippen LogP contribution in [-0.2, 0) is 4.79 Å². The van der Waals surface area contributed by atoms with E-state index in [-0.39, 0.29) is 16.5 Å². The van der Waals surface area contributed by atoms with Crippen LogP contribution in [0.5, 0.6) is 0 Å². The molecule has 0 atom stereocenters. The van der Waals surface area contributed by atoms with Crippen LogP contribution < -0.4 is 5.32 Å². The molecule has 4 nitrogen and oxygen atoms in total. The Bertz CT molecular complexity index is 402. The Kier molecular flexibility index (Phi) is 3.10. The highest BCUT2D eigenvalue weighted by Crippen LogP contribution is 2.38. The van der Waals surface area contributed by atoms with Gasteiger partial charge in [0, 0.05) is 17.8 Å². The van der Waals surface area contributed by atoms with E-state index >= 15 is 0 Å². The van der Waals surface area contributed by atoms with Crippen molar-refractivity contribution < 1.29 is 4.79 Å². The molecule has 1 saturated carbocycles. The minimum Gasteiger partial charge on any atom is -0.308 e. The van der Waals surface area contributed by atoms with Gasteiger partial charge >= 0.3 is 0 Å². The summed E-state index contributed by atoms with van der Waals surface area (Å²) in [5.74, 6) is 0.342. The van der Waals surface area contributed by atoms with E-state index in [4.69, 9.17) is 11.6 Å². The predicted octanol–water partition coefficient (Wildman–Crippen LogP) is 2.65. The summed E-state index contributed by atoms with van der Waals surface area (Å²) in [5, 5.41) is 2.98. The molecule has 5 heteroatoms. The van der Waals surface area contributed by atoms with Crippen molar-refractivity contribution in [2.45, 2.75) is 32.6 Å². The Morgan fingerprint density at radius 1 is 1.38 bits per heavy atom. The maximum atomic E-state index is 12.1. The molecule has 1 aliphatic carbocycles. The Morgan fingerprint density at radius 2 is 2.00 bits per heavy atom. The van der Waals surface area contributed by atoms with Gasteiger partial charge in [0.15, 0.2) is 11.0 Å². The molecule has 1 N–H and O–H groups in total. The predicted molar refractivity (Wildman–Crippen MR) is 62.2 cm³/mol. The summed E-state index contributed by atoms with van der Waals surface area (Å²) in [5.41, 5.74) is -0.277. The quantitative estimate of drug-likeness (QED) is 0.863. The van der Waals surface area contributed by atoms with Gasteiger partial charge in [-0.2, -0.15) is 0 Å². The van der Waals surface area contributed by atoms with Crippen LogP contribution in [-0.4, -0.2) is 15.9 Å². The van der Waals surface area contributed by atoms with E-state index in [0.29, 0.717) is 5.82 Å². The number of aromatic nitrogens is 2. The molecule has 0 saturated heterocycles. The maximum Gasteiger partial charge on any atom is 0.231 e. The molecule has 1 heterocycles. The van der Waals surface area contributed by atoms with Crippen molar-refractivity contribution in [2.75, 3.05) is 5.32 Å². The molecule has 0 radical (unpaired) electrons. The summed E-state index contributed by atoms with van der Waals surface area (Å²) in [6, 6.07) is 0. The Balaban J connectivity index is 2.10. The lowest BCUT2D eigenvalue weighted by Crippen LogP contribution is -2.31. The Labute approximate surface area is 99.4 Å². The number of rotatable bonds is 2. The Morgan fingerprint density at radius 3 is 2.62 bits per heavy atom. The highest BCUT2D eigenvalue weighted by Gasteiger charge is 2.36. The normalized spacial score (nSPS) is 18.4. The van der Waals surface area contributed by atoms with Crippen LogP contribution in [0.25, 0.3) is 0 Å². The van der Waals surface area contributed by atoms with Gasteiger partial charge in [0.1, 0.15) is 0 Å². The Hall–Kier alpha value is -1.16. The van der Waals surface area contributed by atoms with Crippen LogP contribution >= 0.6 is 11.6 Å². The molecule has 0 unspecified atom stereocenters. The average Bonchev–Trinajstić information content (AvgIpc) is 2.70. The molecule has 1 fully saturated rings. The smallest absolute Gasteiger partial charge is 0.231 e. The van der Waals surface area contributed by atoms with Crippen molar-refractivity contribution >= 4 is 23.3 Å². The van der Waals surface area contributed by atoms with Gasteiger partial charge in [0.05, 0.1) is 0 Å². The van der Waals surface area contributed by atoms with Crippen LogP contribution in [0.1, 0.15) is 32.6 Å². The number of halogens is 1. The minimum absolute atomic E-state index is 0.00704. The topological polar surface area (TPSA) is 54.9 Å². The number of anilines is 1. The fraction of sp³-hybridized carbons (Fsp3) is 0.545. The van der Waals surface area contributed by atoms with Crippen LogP contribution in [0.4, 0.5) is 5.82 Å². The van der Waals surface area contributed by atoms with Crippen LogP contribution in [0.2, 0.25) is 5.15 Å². The molecule has 1 amide bonds. The molecule has 2 rings (SSSR count). The SMILES string of the molecule is CC1(C(=O)Nc2nccnc2Cl)CCCC1. The zero-order valence-electron chi connectivity index (χ0n) is 9.16.